The molecule has 2 fully saturated rings. The van der Waals surface area contributed by atoms with Gasteiger partial charge in [0.05, 0.1) is 12.3 Å². The monoisotopic (exact) mass is 483 g/mol. The first-order valence-electron chi connectivity index (χ1n) is 12.5. The van der Waals surface area contributed by atoms with Crippen LogP contribution in [0, 0.1) is 17.7 Å². The van der Waals surface area contributed by atoms with E-state index in [4.69, 9.17) is 0 Å². The molecule has 5 nitrogen and oxygen atoms in total. The average Bonchev–Trinajstić information content (AvgIpc) is 2.89. The van der Waals surface area contributed by atoms with Crippen LogP contribution in [-0.4, -0.2) is 59.3 Å². The maximum absolute atomic E-state index is 14.1. The fourth-order valence-corrected chi connectivity index (χ4v) is 5.34. The molecule has 0 radical (unpaired) electrons. The number of halogens is 1. The summed E-state index contributed by atoms with van der Waals surface area (Å²) in [7, 11) is 0. The second kappa shape index (κ2) is 10.9. The molecule has 6 heteroatoms. The summed E-state index contributed by atoms with van der Waals surface area (Å²) >= 11 is 0. The molecule has 2 aliphatic heterocycles. The van der Waals surface area contributed by atoms with Crippen molar-refractivity contribution in [2.24, 2.45) is 0 Å². The van der Waals surface area contributed by atoms with Gasteiger partial charge in [-0.1, -0.05) is 54.3 Å². The molecule has 2 heterocycles. The number of rotatable bonds is 3. The van der Waals surface area contributed by atoms with Crippen LogP contribution in [0.2, 0.25) is 0 Å². The van der Waals surface area contributed by atoms with Gasteiger partial charge in [0, 0.05) is 42.2 Å². The molecule has 3 aromatic carbocycles. The highest BCUT2D eigenvalue weighted by Crippen LogP contribution is 2.42. The van der Waals surface area contributed by atoms with Crippen molar-refractivity contribution >= 4 is 11.7 Å². The summed E-state index contributed by atoms with van der Waals surface area (Å²) in [5, 5.41) is 12.9. The molecule has 0 bridgehead atoms. The van der Waals surface area contributed by atoms with E-state index >= 15 is 0 Å². The molecular weight excluding hydrogens is 453 g/mol. The van der Waals surface area contributed by atoms with Crippen LogP contribution in [0.5, 0.6) is 0 Å². The molecule has 0 unspecified atom stereocenters. The van der Waals surface area contributed by atoms with Crippen LogP contribution in [-0.2, 0) is 0 Å². The average molecular weight is 484 g/mol. The SMILES string of the molecule is O=C(Nc1ccccc1F)N1CCCCN2[C@H](C1)[C@@H](c1ccc(C#Cc3ccccc3)cc1)[C@@H]2CO. The van der Waals surface area contributed by atoms with Gasteiger partial charge in [-0.2, -0.15) is 0 Å². The van der Waals surface area contributed by atoms with Gasteiger partial charge >= 0.3 is 6.03 Å². The van der Waals surface area contributed by atoms with Gasteiger partial charge in [-0.05, 0) is 61.3 Å². The van der Waals surface area contributed by atoms with E-state index in [1.807, 2.05) is 42.5 Å². The third kappa shape index (κ3) is 5.13. The van der Waals surface area contributed by atoms with Gasteiger partial charge in [0.1, 0.15) is 5.82 Å². The lowest BCUT2D eigenvalue weighted by Crippen LogP contribution is -2.68. The highest BCUT2D eigenvalue weighted by atomic mass is 19.1. The van der Waals surface area contributed by atoms with Gasteiger partial charge in [-0.15, -0.1) is 0 Å². The van der Waals surface area contributed by atoms with Gasteiger partial charge in [-0.3, -0.25) is 4.90 Å². The Morgan fingerprint density at radius 3 is 2.31 bits per heavy atom. The first-order chi connectivity index (χ1) is 17.6. The number of urea groups is 1. The molecule has 2 amide bonds. The van der Waals surface area contributed by atoms with Crippen LogP contribution in [0.15, 0.2) is 78.9 Å². The van der Waals surface area contributed by atoms with Crippen LogP contribution >= 0.6 is 0 Å². The summed E-state index contributed by atoms with van der Waals surface area (Å²) in [6, 6.07) is 24.1. The molecule has 5 rings (SSSR count). The maximum atomic E-state index is 14.1. The van der Waals surface area contributed by atoms with Crippen molar-refractivity contribution in [3.05, 3.63) is 101 Å². The first kappa shape index (κ1) is 24.1. The van der Waals surface area contributed by atoms with Crippen molar-refractivity contribution in [1.82, 2.24) is 9.80 Å². The number of nitrogens with one attached hydrogen (secondary N) is 1. The van der Waals surface area contributed by atoms with Crippen LogP contribution in [0.4, 0.5) is 14.9 Å². The molecule has 0 aliphatic carbocycles. The van der Waals surface area contributed by atoms with Gasteiger partial charge in [0.25, 0.3) is 0 Å². The molecular formula is C30H30FN3O2. The highest BCUT2D eigenvalue weighted by molar-refractivity contribution is 5.89. The molecule has 184 valence electrons. The van der Waals surface area contributed by atoms with Crippen LogP contribution in [0.25, 0.3) is 0 Å². The summed E-state index contributed by atoms with van der Waals surface area (Å²) in [4.78, 5) is 17.2. The molecule has 3 atom stereocenters. The quantitative estimate of drug-likeness (QED) is 0.532. The van der Waals surface area contributed by atoms with E-state index in [9.17, 15) is 14.3 Å². The van der Waals surface area contributed by atoms with Crippen molar-refractivity contribution in [3.63, 3.8) is 0 Å². The Labute approximate surface area is 211 Å². The molecule has 0 aromatic heterocycles. The number of para-hydroxylation sites is 1. The predicted octanol–water partition coefficient (Wildman–Crippen LogP) is 4.68. The standard InChI is InChI=1S/C30H30FN3O2/c31-25-10-4-5-11-26(25)32-30(36)33-18-6-7-19-34-27(20-33)29(28(34)21-35)24-16-14-23(15-17-24)13-12-22-8-2-1-3-9-22/h1-5,8-11,14-17,27-29,35H,6-7,18-21H2,(H,32,36)/t27-,28+,29-/m1/s1. The van der Waals surface area contributed by atoms with E-state index in [2.05, 4.69) is 34.2 Å². The number of benzene rings is 3. The molecule has 2 N–H and O–H groups in total. The van der Waals surface area contributed by atoms with E-state index < -0.39 is 5.82 Å². The maximum Gasteiger partial charge on any atom is 0.321 e. The Balaban J connectivity index is 1.32. The second-order valence-corrected chi connectivity index (χ2v) is 9.38. The van der Waals surface area contributed by atoms with Crippen LogP contribution in [0.1, 0.15) is 35.4 Å². The smallest absolute Gasteiger partial charge is 0.321 e. The summed E-state index contributed by atoms with van der Waals surface area (Å²) in [5.41, 5.74) is 3.23. The number of hydrogen-bond acceptors (Lipinski definition) is 3. The second-order valence-electron chi connectivity index (χ2n) is 9.38. The normalized spacial score (nSPS) is 21.7. The van der Waals surface area contributed by atoms with Crippen molar-refractivity contribution in [2.75, 3.05) is 31.6 Å². The third-order valence-electron chi connectivity index (χ3n) is 7.19. The summed E-state index contributed by atoms with van der Waals surface area (Å²) in [5.74, 6) is 6.05. The van der Waals surface area contributed by atoms with Gasteiger partial charge in [-0.25, -0.2) is 9.18 Å². The molecule has 36 heavy (non-hydrogen) atoms. The summed E-state index contributed by atoms with van der Waals surface area (Å²) < 4.78 is 14.1. The molecule has 2 saturated heterocycles. The first-order valence-corrected chi connectivity index (χ1v) is 12.5. The minimum absolute atomic E-state index is 0.0193. The number of carbonyl (C=O) groups is 1. The largest absolute Gasteiger partial charge is 0.395 e. The van der Waals surface area contributed by atoms with Gasteiger partial charge in [0.2, 0.25) is 0 Å². The van der Waals surface area contributed by atoms with Crippen molar-refractivity contribution < 1.29 is 14.3 Å². The lowest BCUT2D eigenvalue weighted by Gasteiger charge is -2.57. The Morgan fingerprint density at radius 2 is 1.58 bits per heavy atom. The topological polar surface area (TPSA) is 55.8 Å². The Morgan fingerprint density at radius 1 is 0.917 bits per heavy atom. The Kier molecular flexibility index (Phi) is 7.31. The summed E-state index contributed by atoms with van der Waals surface area (Å²) in [6.45, 7) is 2.11. The molecule has 0 saturated carbocycles. The van der Waals surface area contributed by atoms with Crippen molar-refractivity contribution in [2.45, 2.75) is 30.8 Å². The number of aliphatic hydroxyl groups excluding tert-OH is 1. The fraction of sp³-hybridized carbons (Fsp3) is 0.300. The highest BCUT2D eigenvalue weighted by Gasteiger charge is 2.49. The van der Waals surface area contributed by atoms with E-state index in [1.54, 1.807) is 23.1 Å². The predicted molar refractivity (Wildman–Crippen MR) is 139 cm³/mol. The number of hydrogen-bond donors (Lipinski definition) is 2. The number of fused-ring (bicyclic) bond motifs is 1. The number of nitrogens with zero attached hydrogens (tertiary/aromatic N) is 2. The number of aliphatic hydroxyl groups is 1. The van der Waals surface area contributed by atoms with Crippen LogP contribution in [0.3, 0.4) is 0 Å². The lowest BCUT2D eigenvalue weighted by atomic mass is 9.74. The number of amides is 2. The fourth-order valence-electron chi connectivity index (χ4n) is 5.34. The minimum Gasteiger partial charge on any atom is -0.395 e. The lowest BCUT2D eigenvalue weighted by molar-refractivity contribution is -0.0585. The zero-order chi connectivity index (χ0) is 24.9. The number of carbonyl (C=O) groups excluding carboxylic acids is 1. The molecule has 3 aromatic rings. The van der Waals surface area contributed by atoms with Gasteiger partial charge in [0.15, 0.2) is 0 Å². The van der Waals surface area contributed by atoms with Crippen molar-refractivity contribution in [3.8, 4) is 11.8 Å². The molecule has 0 spiro atoms. The zero-order valence-electron chi connectivity index (χ0n) is 20.1. The minimum atomic E-state index is -0.447. The van der Waals surface area contributed by atoms with Crippen LogP contribution < -0.4 is 5.32 Å². The van der Waals surface area contributed by atoms with Crippen molar-refractivity contribution in [1.29, 1.82) is 0 Å². The van der Waals surface area contributed by atoms with Gasteiger partial charge < -0.3 is 15.3 Å². The van der Waals surface area contributed by atoms with E-state index in [0.29, 0.717) is 13.1 Å². The Bertz CT molecular complexity index is 1250. The molecule has 2 aliphatic rings. The van der Waals surface area contributed by atoms with E-state index in [-0.39, 0.29) is 36.3 Å². The summed E-state index contributed by atoms with van der Waals surface area (Å²) in [6.07, 6.45) is 1.81. The Hall–Kier alpha value is -3.66. The third-order valence-corrected chi connectivity index (χ3v) is 7.19. The number of anilines is 1. The zero-order valence-corrected chi connectivity index (χ0v) is 20.1. The van der Waals surface area contributed by atoms with E-state index in [0.717, 1.165) is 36.1 Å². The van der Waals surface area contributed by atoms with E-state index in [1.165, 1.54) is 6.07 Å².